The average molecular weight is 254 g/mol. The molecule has 0 aliphatic rings. The first-order valence-electron chi connectivity index (χ1n) is 5.19. The number of nitrogens with zero attached hydrogens (tertiary/aromatic N) is 2. The van der Waals surface area contributed by atoms with E-state index in [0.29, 0.717) is 10.6 Å². The summed E-state index contributed by atoms with van der Waals surface area (Å²) in [6, 6.07) is 3.72. The number of hydrogen-bond donors (Lipinski definition) is 1. The number of nitrogens with two attached hydrogens (primary N) is 1. The van der Waals surface area contributed by atoms with Crippen molar-refractivity contribution in [1.82, 2.24) is 9.78 Å². The molecule has 0 aliphatic carbocycles. The van der Waals surface area contributed by atoms with Gasteiger partial charge in [0.2, 0.25) is 0 Å². The molecule has 1 heterocycles. The molecule has 2 N–H and O–H groups in total. The van der Waals surface area contributed by atoms with Crippen LogP contribution >= 0.6 is 11.6 Å². The summed E-state index contributed by atoms with van der Waals surface area (Å²) in [7, 11) is 1.82. The van der Waals surface area contributed by atoms with Gasteiger partial charge in [-0.05, 0) is 30.7 Å². The number of aryl methyl sites for hydroxylation is 2. The molecule has 5 heteroatoms. The van der Waals surface area contributed by atoms with E-state index in [9.17, 15) is 4.39 Å². The molecule has 2 aromatic rings. The lowest BCUT2D eigenvalue weighted by molar-refractivity contribution is 0.623. The molecule has 3 nitrogen and oxygen atoms in total. The first-order valence-corrected chi connectivity index (χ1v) is 5.57. The van der Waals surface area contributed by atoms with E-state index in [1.54, 1.807) is 4.68 Å². The average Bonchev–Trinajstić information content (AvgIpc) is 2.60. The molecule has 0 spiro atoms. The second-order valence-electron chi connectivity index (χ2n) is 3.99. The molecule has 0 saturated heterocycles. The molecule has 1 unspecified atom stereocenters. The number of aromatic nitrogens is 2. The van der Waals surface area contributed by atoms with E-state index in [0.717, 1.165) is 11.3 Å². The fourth-order valence-corrected chi connectivity index (χ4v) is 2.08. The highest BCUT2D eigenvalue weighted by molar-refractivity contribution is 6.31. The van der Waals surface area contributed by atoms with Gasteiger partial charge in [0, 0.05) is 23.8 Å². The molecule has 1 atom stereocenters. The van der Waals surface area contributed by atoms with Gasteiger partial charge in [-0.15, -0.1) is 0 Å². The molecule has 0 saturated carbocycles. The SMILES string of the molecule is Cc1nn(C)cc1C(N)c1cc(F)ccc1Cl. The van der Waals surface area contributed by atoms with Crippen molar-refractivity contribution in [2.24, 2.45) is 12.8 Å². The number of hydrogen-bond acceptors (Lipinski definition) is 2. The van der Waals surface area contributed by atoms with Crippen LogP contribution in [0.25, 0.3) is 0 Å². The normalized spacial score (nSPS) is 12.8. The summed E-state index contributed by atoms with van der Waals surface area (Å²) >= 11 is 6.03. The lowest BCUT2D eigenvalue weighted by Crippen LogP contribution is -2.13. The molecule has 0 amide bonds. The van der Waals surface area contributed by atoms with Crippen molar-refractivity contribution in [3.05, 3.63) is 52.1 Å². The van der Waals surface area contributed by atoms with E-state index in [-0.39, 0.29) is 5.82 Å². The van der Waals surface area contributed by atoms with Crippen LogP contribution in [-0.2, 0) is 7.05 Å². The molecule has 17 heavy (non-hydrogen) atoms. The summed E-state index contributed by atoms with van der Waals surface area (Å²) in [6.07, 6.45) is 1.82. The fourth-order valence-electron chi connectivity index (χ4n) is 1.84. The van der Waals surface area contributed by atoms with Crippen LogP contribution in [0.1, 0.15) is 22.9 Å². The largest absolute Gasteiger partial charge is 0.320 e. The zero-order valence-corrected chi connectivity index (χ0v) is 10.4. The van der Waals surface area contributed by atoms with Crippen LogP contribution in [0.2, 0.25) is 5.02 Å². The van der Waals surface area contributed by atoms with Gasteiger partial charge >= 0.3 is 0 Å². The topological polar surface area (TPSA) is 43.8 Å². The first kappa shape index (κ1) is 12.1. The van der Waals surface area contributed by atoms with Crippen molar-refractivity contribution in [1.29, 1.82) is 0 Å². The molecule has 2 rings (SSSR count). The molecule has 0 radical (unpaired) electrons. The van der Waals surface area contributed by atoms with Crippen molar-refractivity contribution < 1.29 is 4.39 Å². The first-order chi connectivity index (χ1) is 7.99. The minimum atomic E-state index is -0.466. The maximum absolute atomic E-state index is 13.2. The Morgan fingerprint density at radius 1 is 1.41 bits per heavy atom. The summed E-state index contributed by atoms with van der Waals surface area (Å²) in [4.78, 5) is 0. The Bertz CT molecular complexity index is 551. The lowest BCUT2D eigenvalue weighted by Gasteiger charge is -2.13. The van der Waals surface area contributed by atoms with Gasteiger partial charge in [0.05, 0.1) is 11.7 Å². The molecule has 1 aromatic heterocycles. The quantitative estimate of drug-likeness (QED) is 0.894. The van der Waals surface area contributed by atoms with E-state index >= 15 is 0 Å². The summed E-state index contributed by atoms with van der Waals surface area (Å²) in [5, 5.41) is 4.67. The van der Waals surface area contributed by atoms with Gasteiger partial charge in [-0.25, -0.2) is 4.39 Å². The standard InChI is InChI=1S/C12H13ClFN3/c1-7-10(6-17(2)16-7)12(15)9-5-8(14)3-4-11(9)13/h3-6,12H,15H2,1-2H3. The van der Waals surface area contributed by atoms with Crippen molar-refractivity contribution in [2.75, 3.05) is 0 Å². The molecule has 0 aliphatic heterocycles. The van der Waals surface area contributed by atoms with Gasteiger partial charge in [-0.3, -0.25) is 4.68 Å². The molecular formula is C12H13ClFN3. The second kappa shape index (κ2) is 4.47. The zero-order valence-electron chi connectivity index (χ0n) is 9.61. The third-order valence-corrected chi connectivity index (χ3v) is 3.02. The Labute approximate surface area is 104 Å². The van der Waals surface area contributed by atoms with Gasteiger partial charge in [-0.2, -0.15) is 5.10 Å². The summed E-state index contributed by atoms with van der Waals surface area (Å²) < 4.78 is 14.9. The van der Waals surface area contributed by atoms with Crippen LogP contribution in [-0.4, -0.2) is 9.78 Å². The predicted molar refractivity (Wildman–Crippen MR) is 65.4 cm³/mol. The van der Waals surface area contributed by atoms with Crippen molar-refractivity contribution in [2.45, 2.75) is 13.0 Å². The van der Waals surface area contributed by atoms with Crippen LogP contribution in [0.15, 0.2) is 24.4 Å². The Morgan fingerprint density at radius 2 is 2.12 bits per heavy atom. The van der Waals surface area contributed by atoms with Crippen molar-refractivity contribution in [3.8, 4) is 0 Å². The molecular weight excluding hydrogens is 241 g/mol. The number of rotatable bonds is 2. The monoisotopic (exact) mass is 253 g/mol. The van der Waals surface area contributed by atoms with Crippen LogP contribution < -0.4 is 5.73 Å². The van der Waals surface area contributed by atoms with Gasteiger partial charge in [0.1, 0.15) is 5.82 Å². The highest BCUT2D eigenvalue weighted by Crippen LogP contribution is 2.28. The van der Waals surface area contributed by atoms with Crippen LogP contribution in [0.5, 0.6) is 0 Å². The molecule has 0 fully saturated rings. The van der Waals surface area contributed by atoms with Crippen LogP contribution in [0, 0.1) is 12.7 Å². The van der Waals surface area contributed by atoms with Crippen molar-refractivity contribution >= 4 is 11.6 Å². The Balaban J connectivity index is 2.46. The van der Waals surface area contributed by atoms with Crippen molar-refractivity contribution in [3.63, 3.8) is 0 Å². The van der Waals surface area contributed by atoms with E-state index in [2.05, 4.69) is 5.10 Å². The van der Waals surface area contributed by atoms with Crippen LogP contribution in [0.4, 0.5) is 4.39 Å². The highest BCUT2D eigenvalue weighted by atomic mass is 35.5. The van der Waals surface area contributed by atoms with Crippen LogP contribution in [0.3, 0.4) is 0 Å². The maximum atomic E-state index is 13.2. The van der Waals surface area contributed by atoms with E-state index in [4.69, 9.17) is 17.3 Å². The van der Waals surface area contributed by atoms with E-state index in [1.165, 1.54) is 18.2 Å². The fraction of sp³-hybridized carbons (Fsp3) is 0.250. The van der Waals surface area contributed by atoms with Gasteiger partial charge < -0.3 is 5.73 Å². The number of benzene rings is 1. The summed E-state index contributed by atoms with van der Waals surface area (Å²) in [6.45, 7) is 1.86. The summed E-state index contributed by atoms with van der Waals surface area (Å²) in [5.74, 6) is -0.346. The second-order valence-corrected chi connectivity index (χ2v) is 4.39. The lowest BCUT2D eigenvalue weighted by atomic mass is 10.0. The highest BCUT2D eigenvalue weighted by Gasteiger charge is 2.17. The third kappa shape index (κ3) is 2.33. The van der Waals surface area contributed by atoms with Gasteiger partial charge in [0.25, 0.3) is 0 Å². The smallest absolute Gasteiger partial charge is 0.123 e. The number of halogens is 2. The Kier molecular flexibility index (Phi) is 3.17. The summed E-state index contributed by atoms with van der Waals surface area (Å²) in [5.41, 5.74) is 8.33. The van der Waals surface area contributed by atoms with E-state index < -0.39 is 6.04 Å². The predicted octanol–water partition coefficient (Wildman–Crippen LogP) is 2.57. The molecule has 1 aromatic carbocycles. The minimum Gasteiger partial charge on any atom is -0.320 e. The van der Waals surface area contributed by atoms with E-state index in [1.807, 2.05) is 20.2 Å². The Hall–Kier alpha value is -1.39. The van der Waals surface area contributed by atoms with Gasteiger partial charge in [0.15, 0.2) is 0 Å². The maximum Gasteiger partial charge on any atom is 0.123 e. The van der Waals surface area contributed by atoms with Gasteiger partial charge in [-0.1, -0.05) is 11.6 Å². The minimum absolute atomic E-state index is 0.346. The Morgan fingerprint density at radius 3 is 2.71 bits per heavy atom. The molecule has 90 valence electrons. The zero-order chi connectivity index (χ0) is 12.6. The molecule has 0 bridgehead atoms. The third-order valence-electron chi connectivity index (χ3n) is 2.68.